The van der Waals surface area contributed by atoms with Crippen molar-refractivity contribution in [1.29, 1.82) is 0 Å². The fraction of sp³-hybridized carbons (Fsp3) is 0.269. The molecule has 2 aromatic carbocycles. The summed E-state index contributed by atoms with van der Waals surface area (Å²) in [6.45, 7) is 5.48. The smallest absolute Gasteiger partial charge is 0.257 e. The lowest BCUT2D eigenvalue weighted by Crippen LogP contribution is -2.46. The number of rotatable bonds is 5. The van der Waals surface area contributed by atoms with Gasteiger partial charge in [-0.3, -0.25) is 19.4 Å². The molecule has 3 aromatic rings. The van der Waals surface area contributed by atoms with E-state index >= 15 is 0 Å². The van der Waals surface area contributed by atoms with Gasteiger partial charge in [0.05, 0.1) is 16.9 Å². The number of carbonyl (C=O) groups is 2. The minimum atomic E-state index is -0.232. The first-order valence-corrected chi connectivity index (χ1v) is 11.4. The van der Waals surface area contributed by atoms with Gasteiger partial charge in [0, 0.05) is 51.9 Å². The molecular weight excluding hydrogens is 414 g/mol. The van der Waals surface area contributed by atoms with E-state index in [0.29, 0.717) is 35.7 Å². The number of hydrogen-bond acceptors (Lipinski definition) is 5. The number of pyridine rings is 1. The molecule has 1 aromatic heterocycles. The van der Waals surface area contributed by atoms with Gasteiger partial charge in [-0.15, -0.1) is 0 Å². The van der Waals surface area contributed by atoms with Crippen molar-refractivity contribution in [3.05, 3.63) is 84.1 Å². The summed E-state index contributed by atoms with van der Waals surface area (Å²) in [4.78, 5) is 37.0. The monoisotopic (exact) mass is 441 g/mol. The van der Waals surface area contributed by atoms with Crippen LogP contribution in [0.5, 0.6) is 0 Å². The quantitative estimate of drug-likeness (QED) is 0.656. The summed E-state index contributed by atoms with van der Waals surface area (Å²) in [5, 5.41) is 2.88. The predicted molar refractivity (Wildman–Crippen MR) is 129 cm³/mol. The van der Waals surface area contributed by atoms with Gasteiger partial charge >= 0.3 is 0 Å². The number of piperazine rings is 1. The number of hydrogen-bond donors (Lipinski definition) is 1. The summed E-state index contributed by atoms with van der Waals surface area (Å²) in [7, 11) is 0. The van der Waals surface area contributed by atoms with E-state index in [1.54, 1.807) is 41.4 Å². The molecule has 3 heterocycles. The fourth-order valence-electron chi connectivity index (χ4n) is 4.47. The number of benzene rings is 2. The number of carbonyl (C=O) groups excluding carboxylic acids is 2. The zero-order chi connectivity index (χ0) is 22.6. The maximum Gasteiger partial charge on any atom is 0.257 e. The van der Waals surface area contributed by atoms with Gasteiger partial charge in [-0.05, 0) is 29.8 Å². The molecule has 5 rings (SSSR count). The van der Waals surface area contributed by atoms with Crippen LogP contribution >= 0.6 is 0 Å². The summed E-state index contributed by atoms with van der Waals surface area (Å²) < 4.78 is 0. The van der Waals surface area contributed by atoms with Crippen LogP contribution in [0.4, 0.5) is 17.2 Å². The van der Waals surface area contributed by atoms with Gasteiger partial charge in [-0.1, -0.05) is 42.5 Å². The maximum atomic E-state index is 13.4. The van der Waals surface area contributed by atoms with E-state index in [2.05, 4.69) is 44.4 Å². The summed E-state index contributed by atoms with van der Waals surface area (Å²) in [5.74, 6) is 0.170. The van der Waals surface area contributed by atoms with E-state index < -0.39 is 0 Å². The second-order valence-corrected chi connectivity index (χ2v) is 8.43. The van der Waals surface area contributed by atoms with Crippen LogP contribution in [0.15, 0.2) is 72.9 Å². The predicted octanol–water partition coefficient (Wildman–Crippen LogP) is 3.52. The lowest BCUT2D eigenvalue weighted by molar-refractivity contribution is -0.118. The highest BCUT2D eigenvalue weighted by Gasteiger charge is 2.30. The Hall–Kier alpha value is -3.55. The van der Waals surface area contributed by atoms with E-state index in [1.807, 2.05) is 12.1 Å². The Kier molecular flexibility index (Phi) is 6.15. The number of aromatic nitrogens is 1. The van der Waals surface area contributed by atoms with Crippen LogP contribution < -0.4 is 10.2 Å². The van der Waals surface area contributed by atoms with E-state index in [9.17, 15) is 9.59 Å². The van der Waals surface area contributed by atoms with Crippen molar-refractivity contribution in [2.45, 2.75) is 13.0 Å². The summed E-state index contributed by atoms with van der Waals surface area (Å²) in [6.07, 6.45) is 2.00. The van der Waals surface area contributed by atoms with Gasteiger partial charge in [-0.25, -0.2) is 4.98 Å². The number of nitrogens with one attached hydrogen (secondary N) is 1. The normalized spacial score (nSPS) is 16.5. The molecule has 7 nitrogen and oxygen atoms in total. The van der Waals surface area contributed by atoms with Crippen LogP contribution in [-0.4, -0.2) is 59.3 Å². The Morgan fingerprint density at radius 2 is 1.61 bits per heavy atom. The van der Waals surface area contributed by atoms with Crippen LogP contribution in [0.25, 0.3) is 0 Å². The fourth-order valence-corrected chi connectivity index (χ4v) is 4.47. The minimum Gasteiger partial charge on any atom is -0.319 e. The van der Waals surface area contributed by atoms with Crippen molar-refractivity contribution >= 4 is 29.0 Å². The average molecular weight is 442 g/mol. The van der Waals surface area contributed by atoms with Gasteiger partial charge in [0.1, 0.15) is 0 Å². The van der Waals surface area contributed by atoms with Gasteiger partial charge in [-0.2, -0.15) is 0 Å². The number of fused-ring (bicyclic) bond motifs is 2. The van der Waals surface area contributed by atoms with E-state index in [1.165, 1.54) is 5.56 Å². The second-order valence-electron chi connectivity index (χ2n) is 8.43. The zero-order valence-corrected chi connectivity index (χ0v) is 18.5. The number of anilines is 3. The molecule has 0 unspecified atom stereocenters. The Labute approximate surface area is 193 Å². The molecule has 0 radical (unpaired) electrons. The third-order valence-corrected chi connectivity index (χ3v) is 6.24. The van der Waals surface area contributed by atoms with Gasteiger partial charge in [0.2, 0.25) is 5.91 Å². The summed E-state index contributed by atoms with van der Waals surface area (Å²) in [6, 6.07) is 21.2. The van der Waals surface area contributed by atoms with Crippen molar-refractivity contribution in [3.8, 4) is 0 Å². The van der Waals surface area contributed by atoms with Crippen molar-refractivity contribution in [3.63, 3.8) is 0 Å². The van der Waals surface area contributed by atoms with Crippen molar-refractivity contribution in [2.24, 2.45) is 0 Å². The maximum absolute atomic E-state index is 13.4. The first-order valence-electron chi connectivity index (χ1n) is 11.4. The van der Waals surface area contributed by atoms with Crippen molar-refractivity contribution < 1.29 is 9.59 Å². The molecule has 0 bridgehead atoms. The molecular formula is C26H27N5O2. The summed E-state index contributed by atoms with van der Waals surface area (Å²) >= 11 is 0. The van der Waals surface area contributed by atoms with Crippen LogP contribution in [0, 0.1) is 0 Å². The molecule has 0 atom stereocenters. The molecule has 2 aliphatic rings. The second kappa shape index (κ2) is 9.52. The number of para-hydroxylation sites is 1. The molecule has 1 saturated heterocycles. The molecule has 2 aliphatic heterocycles. The van der Waals surface area contributed by atoms with Gasteiger partial charge in [0.15, 0.2) is 5.82 Å². The minimum absolute atomic E-state index is 0.0642. The first-order chi connectivity index (χ1) is 16.2. The molecule has 168 valence electrons. The van der Waals surface area contributed by atoms with Crippen LogP contribution in [0.2, 0.25) is 0 Å². The third-order valence-electron chi connectivity index (χ3n) is 6.24. The average Bonchev–Trinajstić information content (AvgIpc) is 2.98. The highest BCUT2D eigenvalue weighted by molar-refractivity contribution is 6.17. The largest absolute Gasteiger partial charge is 0.319 e. The third kappa shape index (κ3) is 4.65. The van der Waals surface area contributed by atoms with Crippen LogP contribution in [-0.2, 0) is 11.3 Å². The Bertz CT molecular complexity index is 1140. The Morgan fingerprint density at radius 1 is 0.879 bits per heavy atom. The van der Waals surface area contributed by atoms with E-state index in [-0.39, 0.29) is 11.8 Å². The Morgan fingerprint density at radius 3 is 2.42 bits per heavy atom. The van der Waals surface area contributed by atoms with Crippen molar-refractivity contribution in [2.75, 3.05) is 42.9 Å². The highest BCUT2D eigenvalue weighted by Crippen LogP contribution is 2.36. The molecule has 33 heavy (non-hydrogen) atoms. The molecule has 1 fully saturated rings. The van der Waals surface area contributed by atoms with Gasteiger partial charge in [0.25, 0.3) is 5.91 Å². The molecule has 2 amide bonds. The molecule has 1 N–H and O–H groups in total. The van der Waals surface area contributed by atoms with Crippen LogP contribution in [0.1, 0.15) is 22.3 Å². The topological polar surface area (TPSA) is 68.8 Å². The van der Waals surface area contributed by atoms with Crippen molar-refractivity contribution in [1.82, 2.24) is 14.8 Å². The van der Waals surface area contributed by atoms with E-state index in [0.717, 1.165) is 32.7 Å². The number of amides is 2. The van der Waals surface area contributed by atoms with Gasteiger partial charge < -0.3 is 10.2 Å². The SMILES string of the molecule is O=C1Nc2cccnc2N(C(=O)CCN2CCN(Cc3ccccc3)CC2)c2ccccc21. The van der Waals surface area contributed by atoms with E-state index in [4.69, 9.17) is 0 Å². The lowest BCUT2D eigenvalue weighted by atomic mass is 10.1. The van der Waals surface area contributed by atoms with Crippen LogP contribution in [0.3, 0.4) is 0 Å². The first kappa shape index (κ1) is 21.3. The standard InChI is InChI=1S/C26H27N5O2/c32-24(12-14-29-15-17-30(18-16-29)19-20-7-2-1-3-8-20)31-23-11-5-4-9-21(23)26(33)28-22-10-6-13-27-25(22)31/h1-11,13H,12,14-19H2,(H,28,33). The lowest BCUT2D eigenvalue weighted by Gasteiger charge is -2.35. The number of nitrogens with zero attached hydrogens (tertiary/aromatic N) is 4. The molecule has 0 saturated carbocycles. The summed E-state index contributed by atoms with van der Waals surface area (Å²) in [5.41, 5.74) is 2.92. The Balaban J connectivity index is 1.25. The zero-order valence-electron chi connectivity index (χ0n) is 18.5. The molecule has 0 aliphatic carbocycles. The molecule has 7 heteroatoms. The highest BCUT2D eigenvalue weighted by atomic mass is 16.2. The molecule has 0 spiro atoms.